The molecule has 0 bridgehead atoms. The van der Waals surface area contributed by atoms with Crippen LogP contribution in [0.5, 0.6) is 0 Å². The SMILES string of the molecule is C1CC2CC2CN1.C1CC2CC2N1.C1CC2CNCC12.C1NCC2CC12.C1NCC2NCC12. The summed E-state index contributed by atoms with van der Waals surface area (Å²) in [5.41, 5.74) is 0. The Kier molecular flexibility index (Phi) is 7.58. The molecule has 10 unspecified atom stereocenters. The molecule has 10 aliphatic rings. The normalized spacial score (nSPS) is 49.5. The van der Waals surface area contributed by atoms with Gasteiger partial charge in [0.05, 0.1) is 0 Å². The zero-order valence-corrected chi connectivity index (χ0v) is 20.8. The first-order valence-corrected chi connectivity index (χ1v) is 14.6. The first kappa shape index (κ1) is 23.2. The van der Waals surface area contributed by atoms with Crippen molar-refractivity contribution in [3.05, 3.63) is 0 Å². The van der Waals surface area contributed by atoms with E-state index in [0.29, 0.717) is 0 Å². The van der Waals surface area contributed by atoms with Crippen molar-refractivity contribution in [1.82, 2.24) is 31.9 Å². The molecular weight excluding hydrogens is 408 g/mol. The lowest BCUT2D eigenvalue weighted by Crippen LogP contribution is -2.51. The molecule has 10 atom stereocenters. The van der Waals surface area contributed by atoms with Crippen LogP contribution in [0.2, 0.25) is 0 Å². The molecular formula is C27H50N6. The summed E-state index contributed by atoms with van der Waals surface area (Å²) in [4.78, 5) is 0. The van der Waals surface area contributed by atoms with E-state index in [0.717, 1.165) is 59.4 Å². The quantitative estimate of drug-likeness (QED) is 0.326. The van der Waals surface area contributed by atoms with Gasteiger partial charge in [0.15, 0.2) is 0 Å². The summed E-state index contributed by atoms with van der Waals surface area (Å²) in [6.45, 7) is 12.8. The van der Waals surface area contributed by atoms with Crippen molar-refractivity contribution in [3.63, 3.8) is 0 Å². The Morgan fingerprint density at radius 2 is 0.939 bits per heavy atom. The molecule has 0 amide bonds. The maximum absolute atomic E-state index is 3.39. The summed E-state index contributed by atoms with van der Waals surface area (Å²) >= 11 is 0. The van der Waals surface area contributed by atoms with E-state index < -0.39 is 0 Å². The molecule has 6 saturated heterocycles. The lowest BCUT2D eigenvalue weighted by atomic mass is 9.77. The molecule has 188 valence electrons. The fourth-order valence-electron chi connectivity index (χ4n) is 6.98. The molecule has 6 aliphatic heterocycles. The predicted octanol–water partition coefficient (Wildman–Crippen LogP) is 1.00. The molecule has 6 nitrogen and oxygen atoms in total. The number of hydrogen-bond donors (Lipinski definition) is 6. The van der Waals surface area contributed by atoms with E-state index in [1.807, 2.05) is 0 Å². The maximum atomic E-state index is 3.39. The Morgan fingerprint density at radius 1 is 0.333 bits per heavy atom. The Labute approximate surface area is 201 Å². The van der Waals surface area contributed by atoms with E-state index in [9.17, 15) is 0 Å². The summed E-state index contributed by atoms with van der Waals surface area (Å²) in [5, 5.41) is 20.1. The first-order valence-electron chi connectivity index (χ1n) is 14.6. The molecule has 4 aliphatic carbocycles. The van der Waals surface area contributed by atoms with Crippen LogP contribution in [0.1, 0.15) is 44.9 Å². The van der Waals surface area contributed by atoms with Gasteiger partial charge in [-0.3, -0.25) is 0 Å². The van der Waals surface area contributed by atoms with Gasteiger partial charge < -0.3 is 31.9 Å². The van der Waals surface area contributed by atoms with Crippen molar-refractivity contribution in [1.29, 1.82) is 0 Å². The minimum atomic E-state index is 0.833. The van der Waals surface area contributed by atoms with E-state index in [-0.39, 0.29) is 0 Å². The van der Waals surface area contributed by atoms with Gasteiger partial charge in [-0.05, 0) is 132 Å². The monoisotopic (exact) mass is 458 g/mol. The summed E-state index contributed by atoms with van der Waals surface area (Å²) < 4.78 is 0. The fourth-order valence-corrected chi connectivity index (χ4v) is 6.98. The van der Waals surface area contributed by atoms with Gasteiger partial charge in [0.25, 0.3) is 0 Å². The number of rotatable bonds is 0. The average Bonchev–Trinajstić information content (AvgIpc) is 3.76. The highest BCUT2D eigenvalue weighted by Crippen LogP contribution is 2.42. The van der Waals surface area contributed by atoms with Crippen LogP contribution in [0.3, 0.4) is 0 Å². The molecule has 4 saturated carbocycles. The molecule has 6 N–H and O–H groups in total. The van der Waals surface area contributed by atoms with Crippen LogP contribution < -0.4 is 31.9 Å². The van der Waals surface area contributed by atoms with E-state index in [4.69, 9.17) is 0 Å². The molecule has 10 rings (SSSR count). The average molecular weight is 459 g/mol. The van der Waals surface area contributed by atoms with Crippen molar-refractivity contribution in [2.75, 3.05) is 65.4 Å². The van der Waals surface area contributed by atoms with Crippen LogP contribution in [0, 0.1) is 47.3 Å². The van der Waals surface area contributed by atoms with Gasteiger partial charge in [-0.1, -0.05) is 0 Å². The standard InChI is InChI=1S/2C6H11N.C5H10N2.2C5H9N/c1-2-7-4-6-3-5(1)6;1-2-6-4-7-3-5(1)6;1-4-2-7-5(4)3-6-1;1-4-2-6-3-5(1)4;1-2-6-5-3-4(1)5/h2*5-7H,1-4H2;4-7H,1-3H2;2*4-6H,1-3H2. The van der Waals surface area contributed by atoms with Crippen molar-refractivity contribution in [3.8, 4) is 0 Å². The molecule has 33 heavy (non-hydrogen) atoms. The highest BCUT2D eigenvalue weighted by Gasteiger charge is 2.41. The third-order valence-corrected chi connectivity index (χ3v) is 10.3. The Hall–Kier alpha value is -0.240. The van der Waals surface area contributed by atoms with Crippen LogP contribution in [-0.2, 0) is 0 Å². The first-order chi connectivity index (χ1) is 16.3. The van der Waals surface area contributed by atoms with E-state index >= 15 is 0 Å². The fraction of sp³-hybridized carbons (Fsp3) is 1.00. The largest absolute Gasteiger partial charge is 0.316 e. The van der Waals surface area contributed by atoms with Crippen LogP contribution in [0.4, 0.5) is 0 Å². The van der Waals surface area contributed by atoms with Crippen molar-refractivity contribution in [2.45, 2.75) is 57.0 Å². The van der Waals surface area contributed by atoms with Gasteiger partial charge in [0.2, 0.25) is 0 Å². The molecule has 0 aromatic rings. The van der Waals surface area contributed by atoms with Gasteiger partial charge in [0.1, 0.15) is 0 Å². The van der Waals surface area contributed by atoms with Crippen LogP contribution in [-0.4, -0.2) is 77.5 Å². The van der Waals surface area contributed by atoms with E-state index in [1.165, 1.54) is 110 Å². The second-order valence-electron chi connectivity index (χ2n) is 12.7. The molecule has 6 heterocycles. The molecule has 6 heteroatoms. The number of hydrogen-bond acceptors (Lipinski definition) is 6. The Bertz CT molecular complexity index is 542. The summed E-state index contributed by atoms with van der Waals surface area (Å²) in [6.07, 6.45) is 10.4. The van der Waals surface area contributed by atoms with Gasteiger partial charge in [-0.2, -0.15) is 0 Å². The van der Waals surface area contributed by atoms with E-state index in [2.05, 4.69) is 31.9 Å². The predicted molar refractivity (Wildman–Crippen MR) is 135 cm³/mol. The van der Waals surface area contributed by atoms with Gasteiger partial charge in [0, 0.05) is 37.6 Å². The minimum Gasteiger partial charge on any atom is -0.316 e. The molecule has 0 aromatic heterocycles. The van der Waals surface area contributed by atoms with Crippen LogP contribution in [0.25, 0.3) is 0 Å². The van der Waals surface area contributed by atoms with Crippen molar-refractivity contribution in [2.24, 2.45) is 47.3 Å². The second kappa shape index (κ2) is 10.8. The zero-order chi connectivity index (χ0) is 22.0. The lowest BCUT2D eigenvalue weighted by Gasteiger charge is -2.30. The molecule has 10 fully saturated rings. The minimum absolute atomic E-state index is 0.833. The summed E-state index contributed by atoms with van der Waals surface area (Å²) in [6, 6.07) is 1.80. The Balaban J connectivity index is 0.0000000783. The Morgan fingerprint density at radius 3 is 1.24 bits per heavy atom. The highest BCUT2D eigenvalue weighted by molar-refractivity contribution is 4.98. The molecule has 0 radical (unpaired) electrons. The second-order valence-corrected chi connectivity index (χ2v) is 12.7. The van der Waals surface area contributed by atoms with E-state index in [1.54, 1.807) is 0 Å². The topological polar surface area (TPSA) is 72.2 Å². The summed E-state index contributed by atoms with van der Waals surface area (Å²) in [7, 11) is 0. The molecule has 0 aromatic carbocycles. The highest BCUT2D eigenvalue weighted by atomic mass is 15.1. The smallest absolute Gasteiger partial charge is 0.0245 e. The van der Waals surface area contributed by atoms with Crippen molar-refractivity contribution >= 4 is 0 Å². The molecule has 0 spiro atoms. The van der Waals surface area contributed by atoms with Crippen molar-refractivity contribution < 1.29 is 0 Å². The maximum Gasteiger partial charge on any atom is 0.0245 e. The number of nitrogens with one attached hydrogen (secondary N) is 6. The number of piperidine rings is 3. The van der Waals surface area contributed by atoms with Gasteiger partial charge in [-0.15, -0.1) is 0 Å². The van der Waals surface area contributed by atoms with Gasteiger partial charge >= 0.3 is 0 Å². The number of fused-ring (bicyclic) bond motifs is 5. The zero-order valence-electron chi connectivity index (χ0n) is 20.8. The third-order valence-electron chi connectivity index (χ3n) is 10.3. The van der Waals surface area contributed by atoms with Crippen LogP contribution >= 0.6 is 0 Å². The lowest BCUT2D eigenvalue weighted by molar-refractivity contribution is 0.243. The third kappa shape index (κ3) is 6.31. The van der Waals surface area contributed by atoms with Crippen LogP contribution in [0.15, 0.2) is 0 Å². The van der Waals surface area contributed by atoms with Gasteiger partial charge in [-0.25, -0.2) is 0 Å². The summed E-state index contributed by atoms with van der Waals surface area (Å²) in [5.74, 6) is 8.68.